The van der Waals surface area contributed by atoms with Crippen molar-refractivity contribution in [2.45, 2.75) is 0 Å². The summed E-state index contributed by atoms with van der Waals surface area (Å²) >= 11 is 0. The van der Waals surface area contributed by atoms with Gasteiger partial charge in [0.05, 0.1) is 33.3 Å². The maximum Gasteiger partial charge on any atom is 0.0620 e. The minimum absolute atomic E-state index is 1.10. The van der Waals surface area contributed by atoms with Crippen LogP contribution in [-0.2, 0) is 0 Å². The lowest BCUT2D eigenvalue weighted by molar-refractivity contribution is 1.18. The lowest BCUT2D eigenvalue weighted by atomic mass is 9.97. The first kappa shape index (κ1) is 42.7. The second-order valence-electron chi connectivity index (χ2n) is 19.7. The molecule has 0 bridgehead atoms. The summed E-state index contributed by atoms with van der Waals surface area (Å²) in [5, 5.41) is 7.61. The number of hydrogen-bond acceptors (Lipinski definition) is 1. The van der Waals surface area contributed by atoms with Crippen LogP contribution in [0.25, 0.3) is 121 Å². The van der Waals surface area contributed by atoms with Crippen molar-refractivity contribution in [3.63, 3.8) is 0 Å². The van der Waals surface area contributed by atoms with Crippen LogP contribution < -0.4 is 4.90 Å². The van der Waals surface area contributed by atoms with Gasteiger partial charge >= 0.3 is 0 Å². The predicted octanol–water partition coefficient (Wildman–Crippen LogP) is 19.7. The van der Waals surface area contributed by atoms with Gasteiger partial charge in [0.2, 0.25) is 0 Å². The molecule has 0 radical (unpaired) electrons. The Morgan fingerprint density at radius 1 is 0.240 bits per heavy atom. The van der Waals surface area contributed by atoms with Gasteiger partial charge in [-0.25, -0.2) is 0 Å². The molecule has 0 fully saturated rings. The molecule has 3 aromatic heterocycles. The van der Waals surface area contributed by atoms with Crippen molar-refractivity contribution in [2.75, 3.05) is 4.90 Å². The molecule has 3 nitrogen and oxygen atoms in total. The predicted molar refractivity (Wildman–Crippen MR) is 317 cm³/mol. The summed E-state index contributed by atoms with van der Waals surface area (Å²) in [6.07, 6.45) is 0. The fraction of sp³-hybridized carbons (Fsp3) is 0. The molecule has 0 aliphatic carbocycles. The van der Waals surface area contributed by atoms with Crippen molar-refractivity contribution in [3.05, 3.63) is 285 Å². The van der Waals surface area contributed by atoms with E-state index in [0.717, 1.165) is 28.2 Å². The van der Waals surface area contributed by atoms with Crippen molar-refractivity contribution in [2.24, 2.45) is 0 Å². The van der Waals surface area contributed by atoms with Crippen LogP contribution in [0.1, 0.15) is 0 Å². The second-order valence-corrected chi connectivity index (χ2v) is 19.7. The Kier molecular flexibility index (Phi) is 9.89. The van der Waals surface area contributed by atoms with E-state index in [4.69, 9.17) is 0 Å². The van der Waals surface area contributed by atoms with E-state index >= 15 is 0 Å². The molecular formula is C72H47N3. The highest BCUT2D eigenvalue weighted by Gasteiger charge is 2.21. The van der Waals surface area contributed by atoms with Gasteiger partial charge in [-0.3, -0.25) is 0 Å². The first-order valence-electron chi connectivity index (χ1n) is 25.8. The highest BCUT2D eigenvalue weighted by molar-refractivity contribution is 6.24. The number of nitrogens with zero attached hydrogens (tertiary/aromatic N) is 3. The topological polar surface area (TPSA) is 12.6 Å². The van der Waals surface area contributed by atoms with Gasteiger partial charge < -0.3 is 13.9 Å². The van der Waals surface area contributed by atoms with Gasteiger partial charge in [-0.15, -0.1) is 0 Å². The van der Waals surface area contributed by atoms with Gasteiger partial charge in [0, 0.05) is 54.9 Å². The van der Waals surface area contributed by atoms with Gasteiger partial charge in [0.1, 0.15) is 0 Å². The molecule has 15 aromatic rings. The number of aromatic nitrogens is 2. The molecule has 0 spiro atoms. The number of hydrogen-bond donors (Lipinski definition) is 0. The Morgan fingerprint density at radius 3 is 1.21 bits per heavy atom. The van der Waals surface area contributed by atoms with Crippen molar-refractivity contribution >= 4 is 77.0 Å². The molecule has 3 heteroatoms. The Bertz CT molecular complexity index is 4510. The molecule has 0 aliphatic rings. The van der Waals surface area contributed by atoms with Crippen LogP contribution in [0.5, 0.6) is 0 Å². The largest absolute Gasteiger partial charge is 0.310 e. The first-order chi connectivity index (χ1) is 37.2. The fourth-order valence-corrected chi connectivity index (χ4v) is 11.9. The molecular weight excluding hydrogens is 907 g/mol. The molecule has 3 heterocycles. The van der Waals surface area contributed by atoms with Crippen molar-refractivity contribution in [1.82, 2.24) is 8.97 Å². The van der Waals surface area contributed by atoms with Crippen LogP contribution in [0.15, 0.2) is 285 Å². The van der Waals surface area contributed by atoms with Gasteiger partial charge in [-0.2, -0.15) is 0 Å². The highest BCUT2D eigenvalue weighted by Crippen LogP contribution is 2.45. The minimum atomic E-state index is 1.10. The van der Waals surface area contributed by atoms with E-state index in [1.165, 1.54) is 110 Å². The summed E-state index contributed by atoms with van der Waals surface area (Å²) in [5.41, 5.74) is 22.6. The zero-order valence-corrected chi connectivity index (χ0v) is 41.0. The third-order valence-electron chi connectivity index (χ3n) is 15.5. The van der Waals surface area contributed by atoms with E-state index in [1.54, 1.807) is 0 Å². The number of benzene rings is 12. The quantitative estimate of drug-likeness (QED) is 0.140. The molecule has 0 atom stereocenters. The smallest absolute Gasteiger partial charge is 0.0620 e. The van der Waals surface area contributed by atoms with E-state index in [2.05, 4.69) is 299 Å². The number of para-hydroxylation sites is 4. The van der Waals surface area contributed by atoms with Crippen LogP contribution >= 0.6 is 0 Å². The number of rotatable bonds is 9. The van der Waals surface area contributed by atoms with Crippen molar-refractivity contribution < 1.29 is 0 Å². The third-order valence-corrected chi connectivity index (χ3v) is 15.5. The van der Waals surface area contributed by atoms with Gasteiger partial charge in [-0.05, 0) is 135 Å². The lowest BCUT2D eigenvalue weighted by Crippen LogP contribution is -2.11. The molecule has 0 aliphatic heterocycles. The average Bonchev–Trinajstić information content (AvgIpc) is 4.24. The molecule has 0 unspecified atom stereocenters. The maximum atomic E-state index is 2.48. The van der Waals surface area contributed by atoms with Crippen LogP contribution in [0.3, 0.4) is 0 Å². The van der Waals surface area contributed by atoms with Gasteiger partial charge in [0.15, 0.2) is 0 Å². The second kappa shape index (κ2) is 17.4. The van der Waals surface area contributed by atoms with E-state index < -0.39 is 0 Å². The number of fused-ring (bicyclic) bond motifs is 9. The van der Waals surface area contributed by atoms with Gasteiger partial charge in [0.25, 0.3) is 0 Å². The summed E-state index contributed by atoms with van der Waals surface area (Å²) in [7, 11) is 0. The average molecular weight is 954 g/mol. The Balaban J connectivity index is 0.777. The zero-order chi connectivity index (χ0) is 49.4. The normalized spacial score (nSPS) is 11.7. The van der Waals surface area contributed by atoms with E-state index in [1.807, 2.05) is 0 Å². The highest BCUT2D eigenvalue weighted by atomic mass is 15.1. The SMILES string of the molecule is c1ccc(-c2ccc(N(c3ccc(-c4ccccc4)cc3)c3ccccc3-c3ccc(-c4ccc5c(c4)c4cccc6c7cc(-c8ccc9c(c8)c8ccccc8n9-c8ccccc8)ccc7n5c46)cc3)cc2)cc1. The Hall–Kier alpha value is -9.96. The molecule has 0 amide bonds. The zero-order valence-electron chi connectivity index (χ0n) is 41.0. The van der Waals surface area contributed by atoms with Crippen LogP contribution in [-0.4, -0.2) is 8.97 Å². The Morgan fingerprint density at radius 2 is 0.627 bits per heavy atom. The van der Waals surface area contributed by atoms with E-state index in [9.17, 15) is 0 Å². The summed E-state index contributed by atoms with van der Waals surface area (Å²) in [6, 6.07) is 104. The third kappa shape index (κ3) is 7.05. The molecule has 75 heavy (non-hydrogen) atoms. The minimum Gasteiger partial charge on any atom is -0.310 e. The summed E-state index contributed by atoms with van der Waals surface area (Å²) in [6.45, 7) is 0. The monoisotopic (exact) mass is 953 g/mol. The summed E-state index contributed by atoms with van der Waals surface area (Å²) in [4.78, 5) is 2.39. The molecule has 0 saturated heterocycles. The Labute approximate surface area is 435 Å². The van der Waals surface area contributed by atoms with E-state index in [0.29, 0.717) is 0 Å². The van der Waals surface area contributed by atoms with Crippen molar-refractivity contribution in [1.29, 1.82) is 0 Å². The molecule has 0 N–H and O–H groups in total. The molecule has 0 saturated carbocycles. The van der Waals surface area contributed by atoms with Crippen LogP contribution in [0.2, 0.25) is 0 Å². The molecule has 15 rings (SSSR count). The number of anilines is 3. The molecule has 350 valence electrons. The first-order valence-corrected chi connectivity index (χ1v) is 25.8. The van der Waals surface area contributed by atoms with Gasteiger partial charge in [-0.1, -0.05) is 200 Å². The fourth-order valence-electron chi connectivity index (χ4n) is 11.9. The van der Waals surface area contributed by atoms with Crippen LogP contribution in [0.4, 0.5) is 17.1 Å². The van der Waals surface area contributed by atoms with Crippen LogP contribution in [0, 0.1) is 0 Å². The summed E-state index contributed by atoms with van der Waals surface area (Å²) in [5.74, 6) is 0. The molecule has 12 aromatic carbocycles. The summed E-state index contributed by atoms with van der Waals surface area (Å²) < 4.78 is 4.86. The maximum absolute atomic E-state index is 2.48. The van der Waals surface area contributed by atoms with E-state index in [-0.39, 0.29) is 0 Å². The lowest BCUT2D eigenvalue weighted by Gasteiger charge is -2.28. The van der Waals surface area contributed by atoms with Crippen molar-refractivity contribution in [3.8, 4) is 61.3 Å². The standard InChI is InChI=1S/C72H47N3/c1-4-15-48(16-5-1)50-31-38-58(39-32-50)73(59-40-33-51(34-41-59)49-17-6-2-7-18-49)67-25-12-10-21-60(67)53-29-27-52(28-30-53)54-35-43-70-65(45-54)62-23-14-24-63-66-47-56(37-44-71(66)75(70)72(62)63)55-36-42-69-64(46-55)61-22-11-13-26-68(61)74(69)57-19-8-3-9-20-57/h1-47H.